The fourth-order valence-electron chi connectivity index (χ4n) is 3.24. The molecule has 2 aromatic carbocycles. The molecule has 0 radical (unpaired) electrons. The summed E-state index contributed by atoms with van der Waals surface area (Å²) in [4.78, 5) is 25.2. The van der Waals surface area contributed by atoms with Gasteiger partial charge in [0.15, 0.2) is 11.0 Å². The van der Waals surface area contributed by atoms with Gasteiger partial charge in [-0.05, 0) is 42.7 Å². The van der Waals surface area contributed by atoms with Gasteiger partial charge in [-0.2, -0.15) is 0 Å². The number of hydrogen-bond donors (Lipinski definition) is 2. The van der Waals surface area contributed by atoms with Crippen LogP contribution in [0.15, 0.2) is 47.6 Å². The highest BCUT2D eigenvalue weighted by Crippen LogP contribution is 2.27. The number of carbonyl (C=O) groups excluding carboxylic acids is 2. The number of halogens is 3. The fourth-order valence-corrected chi connectivity index (χ4v) is 4.48. The van der Waals surface area contributed by atoms with E-state index in [1.807, 2.05) is 7.05 Å². The Morgan fingerprint density at radius 3 is 2.44 bits per heavy atom. The van der Waals surface area contributed by atoms with Crippen molar-refractivity contribution in [1.82, 2.24) is 20.1 Å². The van der Waals surface area contributed by atoms with E-state index < -0.39 is 0 Å². The van der Waals surface area contributed by atoms with Gasteiger partial charge in [-0.3, -0.25) is 9.59 Å². The number of nitrogens with one attached hydrogen (secondary N) is 2. The number of rotatable bonds is 9. The van der Waals surface area contributed by atoms with Gasteiger partial charge in [0.1, 0.15) is 0 Å². The zero-order valence-corrected chi connectivity index (χ0v) is 21.9. The average Bonchev–Trinajstić information content (AvgIpc) is 3.14. The highest BCUT2D eigenvalue weighted by Gasteiger charge is 2.24. The maximum absolute atomic E-state index is 12.9. The minimum absolute atomic E-state index is 0.118. The van der Waals surface area contributed by atoms with Gasteiger partial charge in [-0.15, -0.1) is 10.2 Å². The van der Waals surface area contributed by atoms with Gasteiger partial charge in [0.05, 0.1) is 32.4 Å². The van der Waals surface area contributed by atoms with Gasteiger partial charge in [0.25, 0.3) is 5.91 Å². The van der Waals surface area contributed by atoms with Crippen LogP contribution in [0.5, 0.6) is 0 Å². The average molecular weight is 541 g/mol. The molecule has 1 atom stereocenters. The lowest BCUT2D eigenvalue weighted by Gasteiger charge is -2.20. The summed E-state index contributed by atoms with van der Waals surface area (Å²) in [5.41, 5.74) is 0.951. The maximum Gasteiger partial charge on any atom is 0.253 e. The van der Waals surface area contributed by atoms with Crippen molar-refractivity contribution >= 4 is 64.1 Å². The standard InChI is InChI=1S/C23H24Cl3N5O2S/c1-13(2)10-19(28-22(33)15-6-4-5-7-16(15)24)21-29-30-23(31(21)3)34-12-20(32)27-14-8-9-17(25)18(26)11-14/h4-9,11,13,19H,10,12H2,1-3H3,(H,27,32)(H,28,33)/t19-/m1/s1. The Morgan fingerprint density at radius 2 is 1.76 bits per heavy atom. The van der Waals surface area contributed by atoms with Crippen LogP contribution in [0.2, 0.25) is 15.1 Å². The second-order valence-corrected chi connectivity index (χ2v) is 10.2. The summed E-state index contributed by atoms with van der Waals surface area (Å²) in [6.45, 7) is 4.13. The molecule has 2 N–H and O–H groups in total. The molecule has 2 amide bonds. The van der Waals surface area contributed by atoms with Crippen molar-refractivity contribution in [3.05, 3.63) is 68.9 Å². The van der Waals surface area contributed by atoms with E-state index in [-0.39, 0.29) is 23.6 Å². The Labute approximate surface area is 217 Å². The summed E-state index contributed by atoms with van der Waals surface area (Å²) in [7, 11) is 1.81. The molecule has 0 aliphatic rings. The van der Waals surface area contributed by atoms with Crippen molar-refractivity contribution < 1.29 is 9.59 Å². The molecule has 0 aliphatic carbocycles. The molecule has 3 rings (SSSR count). The summed E-state index contributed by atoms with van der Waals surface area (Å²) in [5.74, 6) is 0.503. The molecule has 0 aliphatic heterocycles. The Kier molecular flexibility index (Phi) is 9.24. The maximum atomic E-state index is 12.9. The molecule has 0 fully saturated rings. The molecule has 3 aromatic rings. The van der Waals surface area contributed by atoms with Crippen LogP contribution in [0.25, 0.3) is 0 Å². The van der Waals surface area contributed by atoms with E-state index in [1.54, 1.807) is 47.0 Å². The summed E-state index contributed by atoms with van der Waals surface area (Å²) < 4.78 is 1.79. The summed E-state index contributed by atoms with van der Waals surface area (Å²) >= 11 is 19.3. The minimum atomic E-state index is -0.374. The van der Waals surface area contributed by atoms with E-state index in [1.165, 1.54) is 11.8 Å². The quantitative estimate of drug-likeness (QED) is 0.324. The number of nitrogens with zero attached hydrogens (tertiary/aromatic N) is 3. The van der Waals surface area contributed by atoms with E-state index >= 15 is 0 Å². The highest BCUT2D eigenvalue weighted by molar-refractivity contribution is 7.99. The van der Waals surface area contributed by atoms with E-state index in [2.05, 4.69) is 34.7 Å². The van der Waals surface area contributed by atoms with E-state index in [0.717, 1.165) is 0 Å². The van der Waals surface area contributed by atoms with Crippen molar-refractivity contribution in [3.63, 3.8) is 0 Å². The van der Waals surface area contributed by atoms with Crippen LogP contribution < -0.4 is 10.6 Å². The zero-order valence-electron chi connectivity index (χ0n) is 18.8. The van der Waals surface area contributed by atoms with Gasteiger partial charge in [0.2, 0.25) is 5.91 Å². The molecule has 7 nitrogen and oxygen atoms in total. The molecular formula is C23H24Cl3N5O2S. The zero-order chi connectivity index (χ0) is 24.8. The first-order valence-electron chi connectivity index (χ1n) is 10.5. The van der Waals surface area contributed by atoms with Gasteiger partial charge >= 0.3 is 0 Å². The summed E-state index contributed by atoms with van der Waals surface area (Å²) in [6, 6.07) is 11.4. The van der Waals surface area contributed by atoms with E-state index in [4.69, 9.17) is 34.8 Å². The van der Waals surface area contributed by atoms with Crippen molar-refractivity contribution in [2.45, 2.75) is 31.5 Å². The molecule has 0 saturated carbocycles. The predicted molar refractivity (Wildman–Crippen MR) is 138 cm³/mol. The highest BCUT2D eigenvalue weighted by atomic mass is 35.5. The van der Waals surface area contributed by atoms with Crippen LogP contribution >= 0.6 is 46.6 Å². The van der Waals surface area contributed by atoms with Gasteiger partial charge in [-0.1, -0.05) is 72.5 Å². The smallest absolute Gasteiger partial charge is 0.253 e. The number of hydrogen-bond acceptors (Lipinski definition) is 5. The third-order valence-corrected chi connectivity index (χ3v) is 6.94. The van der Waals surface area contributed by atoms with E-state index in [0.29, 0.717) is 49.6 Å². The second kappa shape index (κ2) is 11.9. The molecule has 0 unspecified atom stereocenters. The summed E-state index contributed by atoms with van der Waals surface area (Å²) in [6.07, 6.45) is 0.657. The van der Waals surface area contributed by atoms with Crippen LogP contribution in [0, 0.1) is 5.92 Å². The van der Waals surface area contributed by atoms with Crippen LogP contribution in [0.3, 0.4) is 0 Å². The Bertz CT molecular complexity index is 1190. The summed E-state index contributed by atoms with van der Waals surface area (Å²) in [5, 5.41) is 16.0. The van der Waals surface area contributed by atoms with Crippen molar-refractivity contribution in [2.24, 2.45) is 13.0 Å². The van der Waals surface area contributed by atoms with Crippen molar-refractivity contribution in [1.29, 1.82) is 0 Å². The molecule has 0 spiro atoms. The first kappa shape index (κ1) is 26.3. The molecule has 1 heterocycles. The first-order valence-corrected chi connectivity index (χ1v) is 12.6. The molecule has 1 aromatic heterocycles. The third-order valence-electron chi connectivity index (χ3n) is 4.85. The number of thioether (sulfide) groups is 1. The number of amides is 2. The molecule has 0 bridgehead atoms. The predicted octanol–water partition coefficient (Wildman–Crippen LogP) is 6.02. The SMILES string of the molecule is CC(C)C[C@@H](NC(=O)c1ccccc1Cl)c1nnc(SCC(=O)Nc2ccc(Cl)c(Cl)c2)n1C. The molecule has 180 valence electrons. The molecule has 11 heteroatoms. The molecule has 0 saturated heterocycles. The number of carbonyl (C=O) groups is 2. The second-order valence-electron chi connectivity index (χ2n) is 8.00. The van der Waals surface area contributed by atoms with Gasteiger partial charge in [-0.25, -0.2) is 0 Å². The van der Waals surface area contributed by atoms with Crippen LogP contribution in [-0.4, -0.2) is 32.3 Å². The Morgan fingerprint density at radius 1 is 1.03 bits per heavy atom. The van der Waals surface area contributed by atoms with Crippen LogP contribution in [0.1, 0.15) is 42.5 Å². The molecule has 34 heavy (non-hydrogen) atoms. The minimum Gasteiger partial charge on any atom is -0.342 e. The normalized spacial score (nSPS) is 12.0. The first-order chi connectivity index (χ1) is 16.2. The van der Waals surface area contributed by atoms with Crippen molar-refractivity contribution in [2.75, 3.05) is 11.1 Å². The third kappa shape index (κ3) is 6.88. The van der Waals surface area contributed by atoms with Crippen LogP contribution in [0.4, 0.5) is 5.69 Å². The van der Waals surface area contributed by atoms with Gasteiger partial charge < -0.3 is 15.2 Å². The van der Waals surface area contributed by atoms with Crippen LogP contribution in [-0.2, 0) is 11.8 Å². The lowest BCUT2D eigenvalue weighted by molar-refractivity contribution is -0.113. The Hall–Kier alpha value is -2.26. The topological polar surface area (TPSA) is 88.9 Å². The number of aromatic nitrogens is 3. The van der Waals surface area contributed by atoms with Gasteiger partial charge in [0, 0.05) is 12.7 Å². The fraction of sp³-hybridized carbons (Fsp3) is 0.304. The monoisotopic (exact) mass is 539 g/mol. The van der Waals surface area contributed by atoms with E-state index in [9.17, 15) is 9.59 Å². The van der Waals surface area contributed by atoms with Crippen molar-refractivity contribution in [3.8, 4) is 0 Å². The number of benzene rings is 2. The Balaban J connectivity index is 1.68. The largest absolute Gasteiger partial charge is 0.342 e. The lowest BCUT2D eigenvalue weighted by atomic mass is 10.0. The number of anilines is 1. The lowest BCUT2D eigenvalue weighted by Crippen LogP contribution is -2.31. The molecular weight excluding hydrogens is 517 g/mol.